The second-order valence-electron chi connectivity index (χ2n) is 7.95. The topological polar surface area (TPSA) is 0 Å². The molecular weight excluding hydrogens is 425 g/mol. The van der Waals surface area contributed by atoms with Crippen LogP contribution in [0.2, 0.25) is 0 Å². The molecule has 1 atom stereocenters. The molecule has 1 fully saturated rings. The van der Waals surface area contributed by atoms with Crippen molar-refractivity contribution in [2.75, 3.05) is 67.4 Å². The summed E-state index contributed by atoms with van der Waals surface area (Å²) in [5.41, 5.74) is 0. The molecule has 0 aromatic carbocycles. The molecule has 0 amide bonds. The number of hydrogen-bond acceptors (Lipinski definition) is 0. The van der Waals surface area contributed by atoms with Crippen molar-refractivity contribution >= 4 is 28.9 Å². The van der Waals surface area contributed by atoms with E-state index in [1.54, 1.807) is 14.1 Å². The molecule has 1 aliphatic rings. The molecule has 3 nitrogen and oxygen atoms in total. The van der Waals surface area contributed by atoms with Gasteiger partial charge in [0.05, 0.1) is 0 Å². The first kappa shape index (κ1) is 25.0. The van der Waals surface area contributed by atoms with Gasteiger partial charge in [0.1, 0.15) is 0 Å². The molecule has 0 aromatic heterocycles. The van der Waals surface area contributed by atoms with E-state index >= 15 is 0 Å². The van der Waals surface area contributed by atoms with Crippen LogP contribution in [0.25, 0.3) is 0 Å². The summed E-state index contributed by atoms with van der Waals surface area (Å²) >= 11 is 5.72. The zero-order valence-electron chi connectivity index (χ0n) is 14.7. The molecule has 1 rings (SSSR count). The van der Waals surface area contributed by atoms with Crippen LogP contribution in [0.1, 0.15) is 0 Å². The molecule has 0 N–H and O–H groups in total. The van der Waals surface area contributed by atoms with E-state index < -0.39 is 25.6 Å². The average molecular weight is 450 g/mol. The van der Waals surface area contributed by atoms with Crippen LogP contribution in [0.3, 0.4) is 0 Å². The van der Waals surface area contributed by atoms with Gasteiger partial charge in [-0.15, -0.1) is 0 Å². The fourth-order valence-electron chi connectivity index (χ4n) is 2.44. The van der Waals surface area contributed by atoms with Crippen LogP contribution in [0.15, 0.2) is 0 Å². The van der Waals surface area contributed by atoms with Gasteiger partial charge in [-0.05, 0) is 0 Å². The number of halogens is 10. The Labute approximate surface area is 146 Å². The second-order valence-corrected chi connectivity index (χ2v) is 14.3. The van der Waals surface area contributed by atoms with Crippen molar-refractivity contribution in [1.82, 2.24) is 0 Å². The van der Waals surface area contributed by atoms with Crippen molar-refractivity contribution in [3.63, 3.8) is 0 Å². The van der Waals surface area contributed by atoms with Crippen molar-refractivity contribution in [3.05, 3.63) is 0 Å². The molecule has 1 heterocycles. The summed E-state index contributed by atoms with van der Waals surface area (Å²) in [5.74, 6) is 0. The number of nitrogens with zero attached hydrogens (tertiary/aromatic N) is 3. The summed E-state index contributed by atoms with van der Waals surface area (Å²) in [6.45, 7) is -0.503. The average Bonchev–Trinajstić information content (AvgIpc) is 2.39. The molecule has 1 aliphatic heterocycles. The van der Waals surface area contributed by atoms with E-state index in [0.29, 0.717) is 0 Å². The minimum atomic E-state index is -8.75. The Morgan fingerprint density at radius 2 is 1.28 bits per heavy atom. The van der Waals surface area contributed by atoms with Crippen molar-refractivity contribution in [2.45, 2.75) is 0 Å². The predicted molar refractivity (Wildman–Crippen MR) is 82.1 cm³/mol. The van der Waals surface area contributed by atoms with Gasteiger partial charge in [0.25, 0.3) is 0 Å². The molecule has 1 saturated heterocycles. The van der Waals surface area contributed by atoms with Crippen LogP contribution >= 0.6 is 11.6 Å². The summed E-state index contributed by atoms with van der Waals surface area (Å²) in [6, 6.07) is 0.205. The first-order valence-electron chi connectivity index (χ1n) is 7.23. The number of likely N-dealkylation sites (N-methyl/N-ethyl adjacent to an activating group) is 3. The summed E-state index contributed by atoms with van der Waals surface area (Å²) in [4.78, 5) is 0. The van der Waals surface area contributed by atoms with E-state index in [0.717, 1.165) is 21.1 Å². The monoisotopic (exact) mass is 449 g/mol. The molecule has 0 unspecified atom stereocenters. The molecule has 0 radical (unpaired) electrons. The van der Waals surface area contributed by atoms with Crippen LogP contribution in [0.5, 0.6) is 0 Å². The van der Waals surface area contributed by atoms with E-state index in [2.05, 4.69) is 0 Å². The predicted octanol–water partition coefficient (Wildman–Crippen LogP) is 3.73. The van der Waals surface area contributed by atoms with Crippen LogP contribution in [-0.2, 0) is 0 Å². The molecule has 0 saturated carbocycles. The van der Waals surface area contributed by atoms with Crippen molar-refractivity contribution in [1.29, 1.82) is 0 Å². The van der Waals surface area contributed by atoms with E-state index in [9.17, 15) is 37.0 Å². The Morgan fingerprint density at radius 1 is 0.920 bits per heavy atom. The molecule has 0 aliphatic carbocycles. The van der Waals surface area contributed by atoms with Gasteiger partial charge >= 0.3 is 146 Å². The van der Waals surface area contributed by atoms with Gasteiger partial charge in [0.2, 0.25) is 0 Å². The fourth-order valence-corrected chi connectivity index (χ4v) is 5.49. The van der Waals surface area contributed by atoms with Crippen molar-refractivity contribution in [3.8, 4) is 0 Å². The van der Waals surface area contributed by atoms with Crippen LogP contribution < -0.4 is 0 Å². The maximum atomic E-state index is 14.6. The number of alkyl halides is 1. The zero-order chi connectivity index (χ0) is 20.9. The van der Waals surface area contributed by atoms with Gasteiger partial charge in [-0.1, -0.05) is 0 Å². The Balaban J connectivity index is 0.000000823. The van der Waals surface area contributed by atoms with Gasteiger partial charge in [-0.25, -0.2) is 0 Å². The van der Waals surface area contributed by atoms with Crippen LogP contribution in [-0.4, -0.2) is 97.5 Å². The minimum absolute atomic E-state index is 0.191. The normalized spacial score (nSPS) is 34.1. The van der Waals surface area contributed by atoms with Gasteiger partial charge in [-0.2, -0.15) is 0 Å². The Bertz CT molecular complexity index is 511. The Kier molecular flexibility index (Phi) is 5.49. The molecular formula is C10H25ClF9N3Si2. The number of rotatable bonds is 4. The molecule has 25 heavy (non-hydrogen) atoms. The van der Waals surface area contributed by atoms with E-state index in [-0.39, 0.29) is 36.7 Å². The summed E-state index contributed by atoms with van der Waals surface area (Å²) < 4.78 is 105. The third-order valence-corrected chi connectivity index (χ3v) is 10.7. The number of quaternary nitrogens is 3. The molecule has 0 bridgehead atoms. The van der Waals surface area contributed by atoms with Gasteiger partial charge in [0.15, 0.2) is 0 Å². The SMILES string of the molecule is C[N+](C)(CCl)CC[N@@+]1(C)CC[N+](C)(C)[Si-2]1(F)(F)(F)F.F[Si-](F)(F)(F)F. The van der Waals surface area contributed by atoms with Gasteiger partial charge in [-0.3, -0.25) is 0 Å². The molecule has 15 heteroatoms. The van der Waals surface area contributed by atoms with E-state index in [1.165, 1.54) is 0 Å². The Morgan fingerprint density at radius 3 is 1.52 bits per heavy atom. The van der Waals surface area contributed by atoms with Crippen molar-refractivity contribution in [2.24, 2.45) is 0 Å². The quantitative estimate of drug-likeness (QED) is 0.153. The number of hydrogen-bond donors (Lipinski definition) is 0. The summed E-state index contributed by atoms with van der Waals surface area (Å²) in [5, 5.41) is 0. The van der Waals surface area contributed by atoms with E-state index in [4.69, 9.17) is 11.6 Å². The van der Waals surface area contributed by atoms with E-state index in [1.807, 2.05) is 0 Å². The first-order valence-corrected chi connectivity index (χ1v) is 12.1. The third kappa shape index (κ3) is 5.25. The molecule has 0 spiro atoms. The summed E-state index contributed by atoms with van der Waals surface area (Å²) in [6.07, 6.45) is 0. The second kappa shape index (κ2) is 5.50. The third-order valence-electron chi connectivity index (χ3n) is 4.92. The Hall–Kier alpha value is -0.0262. The zero-order valence-corrected chi connectivity index (χ0v) is 17.4. The van der Waals surface area contributed by atoms with Crippen LogP contribution in [0, 0.1) is 0 Å². The van der Waals surface area contributed by atoms with Gasteiger partial charge in [0, 0.05) is 0 Å². The van der Waals surface area contributed by atoms with Gasteiger partial charge < -0.3 is 0 Å². The first-order chi connectivity index (χ1) is 10.3. The van der Waals surface area contributed by atoms with Crippen LogP contribution in [0.4, 0.5) is 37.0 Å². The van der Waals surface area contributed by atoms with Crippen molar-refractivity contribution < 1.29 is 49.8 Å². The standard InChI is InChI=1S/C10H25ClF4N3Si.F5Si/c1-16(2,10-11)6-8-18(5)9-7-17(3,4)19(18,12,13,14)15;1-6(2,3,4)5/h6-10H2,1-5H3;/q+1;-1/t18-;/m0./s1. The maximum absolute atomic E-state index is 14.6. The summed E-state index contributed by atoms with van der Waals surface area (Å²) in [7, 11) is -11.1. The fraction of sp³-hybridized carbons (Fsp3) is 1.00. The molecule has 0 aromatic rings. The molecule has 158 valence electrons.